The Morgan fingerprint density at radius 1 is 1.42 bits per heavy atom. The van der Waals surface area contributed by atoms with E-state index in [1.54, 1.807) is 6.07 Å². The minimum absolute atomic E-state index is 0.0126. The van der Waals surface area contributed by atoms with Gasteiger partial charge in [-0.15, -0.1) is 0 Å². The lowest BCUT2D eigenvalue weighted by Crippen LogP contribution is -2.41. The first-order chi connectivity index (χ1) is 9.09. The zero-order valence-electron chi connectivity index (χ0n) is 10.4. The van der Waals surface area contributed by atoms with E-state index in [1.165, 1.54) is 12.3 Å². The SMILES string of the molecule is O=S(=O)(NCCN1CCOCC1)c1cccnc1Cl. The molecule has 0 spiro atoms. The van der Waals surface area contributed by atoms with Crippen molar-refractivity contribution in [2.45, 2.75) is 4.90 Å². The minimum atomic E-state index is -3.59. The van der Waals surface area contributed by atoms with E-state index >= 15 is 0 Å². The highest BCUT2D eigenvalue weighted by atomic mass is 35.5. The molecule has 8 heteroatoms. The minimum Gasteiger partial charge on any atom is -0.379 e. The van der Waals surface area contributed by atoms with E-state index in [0.29, 0.717) is 26.3 Å². The fourth-order valence-electron chi connectivity index (χ4n) is 1.81. The summed E-state index contributed by atoms with van der Waals surface area (Å²) in [6.07, 6.45) is 1.45. The number of nitrogens with one attached hydrogen (secondary N) is 1. The highest BCUT2D eigenvalue weighted by molar-refractivity contribution is 7.89. The van der Waals surface area contributed by atoms with Gasteiger partial charge in [-0.05, 0) is 12.1 Å². The molecule has 1 saturated heterocycles. The third-order valence-corrected chi connectivity index (χ3v) is 4.74. The molecule has 2 heterocycles. The first kappa shape index (κ1) is 14.7. The first-order valence-electron chi connectivity index (χ1n) is 6.00. The number of morpholine rings is 1. The van der Waals surface area contributed by atoms with Crippen LogP contribution in [0.2, 0.25) is 5.15 Å². The molecule has 0 aliphatic carbocycles. The molecule has 0 amide bonds. The van der Waals surface area contributed by atoms with Gasteiger partial charge < -0.3 is 4.74 Å². The third kappa shape index (κ3) is 4.12. The number of sulfonamides is 1. The summed E-state index contributed by atoms with van der Waals surface area (Å²) < 4.78 is 31.8. The standard InChI is InChI=1S/C11H16ClN3O3S/c12-11-10(2-1-3-13-11)19(16,17)14-4-5-15-6-8-18-9-7-15/h1-3,14H,4-9H2. The van der Waals surface area contributed by atoms with E-state index in [0.717, 1.165) is 13.1 Å². The first-order valence-corrected chi connectivity index (χ1v) is 7.86. The predicted octanol–water partition coefficient (Wildman–Crippen LogP) is 0.345. The van der Waals surface area contributed by atoms with E-state index in [2.05, 4.69) is 14.6 Å². The van der Waals surface area contributed by atoms with E-state index in [1.807, 2.05) is 0 Å². The van der Waals surface area contributed by atoms with Gasteiger partial charge in [-0.1, -0.05) is 11.6 Å². The molecular formula is C11H16ClN3O3S. The zero-order valence-corrected chi connectivity index (χ0v) is 12.0. The molecule has 0 radical (unpaired) electrons. The Balaban J connectivity index is 1.89. The number of pyridine rings is 1. The molecule has 1 N–H and O–H groups in total. The highest BCUT2D eigenvalue weighted by Gasteiger charge is 2.18. The second-order valence-corrected chi connectivity index (χ2v) is 6.24. The molecule has 0 bridgehead atoms. The van der Waals surface area contributed by atoms with Crippen LogP contribution in [0, 0.1) is 0 Å². The Morgan fingerprint density at radius 2 is 2.16 bits per heavy atom. The Bertz CT molecular complexity index is 518. The van der Waals surface area contributed by atoms with Crippen molar-refractivity contribution in [3.05, 3.63) is 23.5 Å². The van der Waals surface area contributed by atoms with Gasteiger partial charge in [-0.3, -0.25) is 4.90 Å². The molecule has 1 fully saturated rings. The van der Waals surface area contributed by atoms with Crippen molar-refractivity contribution in [2.75, 3.05) is 39.4 Å². The average molecular weight is 306 g/mol. The fraction of sp³-hybridized carbons (Fsp3) is 0.545. The molecule has 2 rings (SSSR count). The van der Waals surface area contributed by atoms with Gasteiger partial charge in [0.2, 0.25) is 10.0 Å². The average Bonchev–Trinajstić information content (AvgIpc) is 2.40. The third-order valence-electron chi connectivity index (χ3n) is 2.84. The molecule has 106 valence electrons. The lowest BCUT2D eigenvalue weighted by molar-refractivity contribution is 0.0390. The summed E-state index contributed by atoms with van der Waals surface area (Å²) >= 11 is 5.78. The summed E-state index contributed by atoms with van der Waals surface area (Å²) in [6.45, 7) is 4.04. The molecular weight excluding hydrogens is 290 g/mol. The van der Waals surface area contributed by atoms with Crippen molar-refractivity contribution in [1.82, 2.24) is 14.6 Å². The second kappa shape index (κ2) is 6.62. The fourth-order valence-corrected chi connectivity index (χ4v) is 3.28. The number of aromatic nitrogens is 1. The van der Waals surface area contributed by atoms with Crippen LogP contribution < -0.4 is 4.72 Å². The molecule has 1 aromatic rings. The Hall–Kier alpha value is -0.730. The van der Waals surface area contributed by atoms with Gasteiger partial charge in [-0.2, -0.15) is 0 Å². The van der Waals surface area contributed by atoms with Gasteiger partial charge in [-0.25, -0.2) is 18.1 Å². The van der Waals surface area contributed by atoms with Crippen LogP contribution in [0.3, 0.4) is 0 Å². The van der Waals surface area contributed by atoms with Crippen LogP contribution in [0.25, 0.3) is 0 Å². The molecule has 0 aromatic carbocycles. The lowest BCUT2D eigenvalue weighted by Gasteiger charge is -2.26. The number of ether oxygens (including phenoxy) is 1. The Morgan fingerprint density at radius 3 is 2.84 bits per heavy atom. The maximum atomic E-state index is 12.0. The molecule has 0 saturated carbocycles. The topological polar surface area (TPSA) is 71.5 Å². The van der Waals surface area contributed by atoms with Gasteiger partial charge in [0, 0.05) is 32.4 Å². The van der Waals surface area contributed by atoms with Crippen molar-refractivity contribution < 1.29 is 13.2 Å². The van der Waals surface area contributed by atoms with Crippen molar-refractivity contribution in [3.63, 3.8) is 0 Å². The van der Waals surface area contributed by atoms with Gasteiger partial charge in [0.15, 0.2) is 0 Å². The number of halogens is 1. The maximum Gasteiger partial charge on any atom is 0.243 e. The smallest absolute Gasteiger partial charge is 0.243 e. The van der Waals surface area contributed by atoms with E-state index < -0.39 is 10.0 Å². The second-order valence-electron chi connectivity index (χ2n) is 4.14. The van der Waals surface area contributed by atoms with Crippen molar-refractivity contribution >= 4 is 21.6 Å². The van der Waals surface area contributed by atoms with Crippen molar-refractivity contribution in [3.8, 4) is 0 Å². The molecule has 1 aromatic heterocycles. The molecule has 6 nitrogen and oxygen atoms in total. The quantitative estimate of drug-likeness (QED) is 0.795. The van der Waals surface area contributed by atoms with E-state index in [4.69, 9.17) is 16.3 Å². The normalized spacial score (nSPS) is 17.5. The monoisotopic (exact) mass is 305 g/mol. The van der Waals surface area contributed by atoms with Gasteiger partial charge in [0.1, 0.15) is 10.0 Å². The van der Waals surface area contributed by atoms with Crippen molar-refractivity contribution in [1.29, 1.82) is 0 Å². The van der Waals surface area contributed by atoms with Crippen LogP contribution in [-0.2, 0) is 14.8 Å². The Labute approximate surface area is 117 Å². The summed E-state index contributed by atoms with van der Waals surface area (Å²) in [5.74, 6) is 0. The largest absolute Gasteiger partial charge is 0.379 e. The number of hydrogen-bond donors (Lipinski definition) is 1. The zero-order chi connectivity index (χ0) is 13.7. The number of hydrogen-bond acceptors (Lipinski definition) is 5. The van der Waals surface area contributed by atoms with Crippen molar-refractivity contribution in [2.24, 2.45) is 0 Å². The van der Waals surface area contributed by atoms with Crippen LogP contribution in [0.4, 0.5) is 0 Å². The van der Waals surface area contributed by atoms with Gasteiger partial charge in [0.05, 0.1) is 13.2 Å². The molecule has 0 atom stereocenters. The summed E-state index contributed by atoms with van der Waals surface area (Å²) in [4.78, 5) is 5.92. The molecule has 1 aliphatic rings. The molecule has 1 aliphatic heterocycles. The maximum absolute atomic E-state index is 12.0. The summed E-state index contributed by atoms with van der Waals surface area (Å²) in [5, 5.41) is -0.0126. The van der Waals surface area contributed by atoms with Crippen LogP contribution in [-0.4, -0.2) is 57.7 Å². The van der Waals surface area contributed by atoms with Crippen LogP contribution in [0.5, 0.6) is 0 Å². The van der Waals surface area contributed by atoms with Crippen LogP contribution >= 0.6 is 11.6 Å². The summed E-state index contributed by atoms with van der Waals surface area (Å²) in [7, 11) is -3.59. The van der Waals surface area contributed by atoms with Gasteiger partial charge in [0.25, 0.3) is 0 Å². The Kier molecular flexibility index (Phi) is 5.12. The lowest BCUT2D eigenvalue weighted by atomic mass is 10.4. The molecule has 19 heavy (non-hydrogen) atoms. The summed E-state index contributed by atoms with van der Waals surface area (Å²) in [5.41, 5.74) is 0. The highest BCUT2D eigenvalue weighted by Crippen LogP contribution is 2.17. The summed E-state index contributed by atoms with van der Waals surface area (Å²) in [6, 6.07) is 2.98. The molecule has 0 unspecified atom stereocenters. The van der Waals surface area contributed by atoms with E-state index in [-0.39, 0.29) is 10.0 Å². The van der Waals surface area contributed by atoms with Crippen LogP contribution in [0.1, 0.15) is 0 Å². The number of nitrogens with zero attached hydrogens (tertiary/aromatic N) is 2. The van der Waals surface area contributed by atoms with E-state index in [9.17, 15) is 8.42 Å². The van der Waals surface area contributed by atoms with Gasteiger partial charge >= 0.3 is 0 Å². The predicted molar refractivity (Wildman–Crippen MR) is 71.7 cm³/mol. The number of rotatable bonds is 5. The van der Waals surface area contributed by atoms with Crippen LogP contribution in [0.15, 0.2) is 23.2 Å².